The van der Waals surface area contributed by atoms with E-state index in [4.69, 9.17) is 21.1 Å². The number of carbonyl (C=O) groups is 1. The van der Waals surface area contributed by atoms with Crippen molar-refractivity contribution in [2.75, 3.05) is 26.1 Å². The monoisotopic (exact) mass is 503 g/mol. The van der Waals surface area contributed by atoms with Gasteiger partial charge in [-0.1, -0.05) is 11.6 Å². The van der Waals surface area contributed by atoms with Crippen LogP contribution in [0.25, 0.3) is 0 Å². The minimum absolute atomic E-state index is 0.0438. The lowest BCUT2D eigenvalue weighted by atomic mass is 10.2. The number of hydrogen-bond acceptors (Lipinski definition) is 5. The van der Waals surface area contributed by atoms with Crippen molar-refractivity contribution in [3.8, 4) is 11.5 Å². The molecule has 2 rings (SSSR count). The zero-order valence-corrected chi connectivity index (χ0v) is 17.9. The molecule has 2 N–H and O–H groups in total. The molecular weight excluding hydrogens is 489 g/mol. The van der Waals surface area contributed by atoms with Crippen molar-refractivity contribution in [1.29, 1.82) is 0 Å². The number of rotatable bonds is 7. The van der Waals surface area contributed by atoms with Crippen molar-refractivity contribution in [2.45, 2.75) is 0 Å². The third-order valence-corrected chi connectivity index (χ3v) is 4.71. The number of carbonyl (C=O) groups excluding carboxylic acids is 1. The molecule has 0 saturated heterocycles. The van der Waals surface area contributed by atoms with E-state index in [1.165, 1.54) is 6.21 Å². The van der Waals surface area contributed by atoms with Gasteiger partial charge in [-0.3, -0.25) is 4.79 Å². The highest BCUT2D eigenvalue weighted by Crippen LogP contribution is 2.34. The summed E-state index contributed by atoms with van der Waals surface area (Å²) in [5.74, 6) is 0.911. The SMILES string of the molecule is COc1ccc(C=NNC(=O)CNc2c(Br)cc(Cl)cc2Br)cc1OC. The van der Waals surface area contributed by atoms with Gasteiger partial charge in [-0.2, -0.15) is 5.10 Å². The van der Waals surface area contributed by atoms with Crippen molar-refractivity contribution in [3.63, 3.8) is 0 Å². The van der Waals surface area contributed by atoms with Gasteiger partial charge in [0.25, 0.3) is 5.91 Å². The van der Waals surface area contributed by atoms with Gasteiger partial charge in [0, 0.05) is 14.0 Å². The van der Waals surface area contributed by atoms with Crippen LogP contribution in [0, 0.1) is 0 Å². The molecule has 26 heavy (non-hydrogen) atoms. The summed E-state index contributed by atoms with van der Waals surface area (Å²) in [5.41, 5.74) is 3.95. The zero-order valence-electron chi connectivity index (χ0n) is 14.0. The van der Waals surface area contributed by atoms with E-state index in [2.05, 4.69) is 47.7 Å². The van der Waals surface area contributed by atoms with Gasteiger partial charge in [0.2, 0.25) is 0 Å². The number of nitrogens with zero attached hydrogens (tertiary/aromatic N) is 1. The second-order valence-electron chi connectivity index (χ2n) is 5.01. The van der Waals surface area contributed by atoms with Crippen molar-refractivity contribution in [2.24, 2.45) is 5.10 Å². The van der Waals surface area contributed by atoms with Crippen molar-refractivity contribution < 1.29 is 14.3 Å². The minimum Gasteiger partial charge on any atom is -0.493 e. The number of anilines is 1. The average Bonchev–Trinajstić information content (AvgIpc) is 2.60. The van der Waals surface area contributed by atoms with Gasteiger partial charge in [0.1, 0.15) is 0 Å². The normalized spacial score (nSPS) is 10.7. The van der Waals surface area contributed by atoms with Gasteiger partial charge in [-0.25, -0.2) is 5.43 Å². The molecule has 1 amide bonds. The molecule has 0 heterocycles. The Balaban J connectivity index is 1.92. The standard InChI is InChI=1S/C17H16Br2ClN3O3/c1-25-14-4-3-10(5-15(14)26-2)8-22-23-16(24)9-21-17-12(18)6-11(20)7-13(17)19/h3-8,21H,9H2,1-2H3,(H,23,24). The van der Waals surface area contributed by atoms with E-state index in [-0.39, 0.29) is 12.5 Å². The van der Waals surface area contributed by atoms with Crippen LogP contribution in [0.5, 0.6) is 11.5 Å². The lowest BCUT2D eigenvalue weighted by Crippen LogP contribution is -2.26. The Hall–Kier alpha value is -1.77. The number of nitrogens with one attached hydrogen (secondary N) is 2. The van der Waals surface area contributed by atoms with E-state index < -0.39 is 0 Å². The molecule has 0 atom stereocenters. The summed E-state index contributed by atoms with van der Waals surface area (Å²) in [6, 6.07) is 8.80. The summed E-state index contributed by atoms with van der Waals surface area (Å²) in [7, 11) is 3.12. The van der Waals surface area contributed by atoms with Crippen molar-refractivity contribution >= 4 is 61.3 Å². The van der Waals surface area contributed by atoms with E-state index >= 15 is 0 Å². The first-order valence-electron chi connectivity index (χ1n) is 7.37. The maximum atomic E-state index is 11.9. The van der Waals surface area contributed by atoms with Crippen LogP contribution in [0.3, 0.4) is 0 Å². The molecule has 0 spiro atoms. The second-order valence-corrected chi connectivity index (χ2v) is 7.15. The number of ether oxygens (including phenoxy) is 2. The van der Waals surface area contributed by atoms with Crippen LogP contribution in [-0.2, 0) is 4.79 Å². The van der Waals surface area contributed by atoms with Crippen LogP contribution in [0.2, 0.25) is 5.02 Å². The molecular formula is C17H16Br2ClN3O3. The summed E-state index contributed by atoms with van der Waals surface area (Å²) >= 11 is 12.7. The van der Waals surface area contributed by atoms with Crippen LogP contribution in [0.4, 0.5) is 5.69 Å². The minimum atomic E-state index is -0.296. The van der Waals surface area contributed by atoms with Crippen LogP contribution in [0.1, 0.15) is 5.56 Å². The van der Waals surface area contributed by atoms with E-state index in [0.29, 0.717) is 16.5 Å². The van der Waals surface area contributed by atoms with Crippen molar-refractivity contribution in [1.82, 2.24) is 5.43 Å². The molecule has 0 aliphatic heterocycles. The third kappa shape index (κ3) is 5.62. The number of benzene rings is 2. The molecule has 0 saturated carbocycles. The molecule has 0 bridgehead atoms. The lowest BCUT2D eigenvalue weighted by Gasteiger charge is -2.10. The van der Waals surface area contributed by atoms with Gasteiger partial charge in [0.15, 0.2) is 11.5 Å². The van der Waals surface area contributed by atoms with E-state index in [9.17, 15) is 4.79 Å². The van der Waals surface area contributed by atoms with Gasteiger partial charge >= 0.3 is 0 Å². The molecule has 6 nitrogen and oxygen atoms in total. The van der Waals surface area contributed by atoms with E-state index in [1.54, 1.807) is 44.6 Å². The Morgan fingerprint density at radius 2 is 1.81 bits per heavy atom. The predicted molar refractivity (Wildman–Crippen MR) is 111 cm³/mol. The topological polar surface area (TPSA) is 72.0 Å². The summed E-state index contributed by atoms with van der Waals surface area (Å²) in [6.45, 7) is 0.0438. The van der Waals surface area contributed by atoms with Crippen LogP contribution in [-0.4, -0.2) is 32.9 Å². The van der Waals surface area contributed by atoms with Crippen LogP contribution in [0.15, 0.2) is 44.4 Å². The van der Waals surface area contributed by atoms with Gasteiger partial charge < -0.3 is 14.8 Å². The Labute approximate surface area is 173 Å². The highest BCUT2D eigenvalue weighted by Gasteiger charge is 2.08. The zero-order chi connectivity index (χ0) is 19.1. The number of amides is 1. The molecule has 0 aromatic heterocycles. The highest BCUT2D eigenvalue weighted by atomic mass is 79.9. The fraction of sp³-hybridized carbons (Fsp3) is 0.176. The first-order chi connectivity index (χ1) is 12.4. The lowest BCUT2D eigenvalue weighted by molar-refractivity contribution is -0.119. The molecule has 0 aliphatic rings. The van der Waals surface area contributed by atoms with E-state index in [0.717, 1.165) is 20.2 Å². The molecule has 138 valence electrons. The Kier molecular flexibility index (Phi) is 7.74. The van der Waals surface area contributed by atoms with Crippen LogP contribution >= 0.6 is 43.5 Å². The summed E-state index contributed by atoms with van der Waals surface area (Å²) in [4.78, 5) is 11.9. The Morgan fingerprint density at radius 3 is 2.42 bits per heavy atom. The largest absolute Gasteiger partial charge is 0.493 e. The number of hydrogen-bond donors (Lipinski definition) is 2. The Morgan fingerprint density at radius 1 is 1.15 bits per heavy atom. The van der Waals surface area contributed by atoms with Crippen LogP contribution < -0.4 is 20.2 Å². The summed E-state index contributed by atoms with van der Waals surface area (Å²) in [6.07, 6.45) is 1.52. The number of methoxy groups -OCH3 is 2. The van der Waals surface area contributed by atoms with Gasteiger partial charge in [0.05, 0.1) is 32.7 Å². The molecule has 0 fully saturated rings. The van der Waals surface area contributed by atoms with Crippen molar-refractivity contribution in [3.05, 3.63) is 49.9 Å². The van der Waals surface area contributed by atoms with Gasteiger partial charge in [-0.05, 0) is 67.8 Å². The molecule has 2 aromatic carbocycles. The number of hydrazone groups is 1. The molecule has 9 heteroatoms. The summed E-state index contributed by atoms with van der Waals surface area (Å²) in [5, 5.41) is 7.54. The molecule has 0 unspecified atom stereocenters. The summed E-state index contributed by atoms with van der Waals surface area (Å²) < 4.78 is 11.9. The highest BCUT2D eigenvalue weighted by molar-refractivity contribution is 9.11. The fourth-order valence-corrected chi connectivity index (χ4v) is 3.98. The quantitative estimate of drug-likeness (QED) is 0.431. The second kappa shape index (κ2) is 9.80. The molecule has 0 radical (unpaired) electrons. The first kappa shape index (κ1) is 20.5. The van der Waals surface area contributed by atoms with E-state index in [1.807, 2.05) is 0 Å². The first-order valence-corrected chi connectivity index (χ1v) is 9.33. The maximum absolute atomic E-state index is 11.9. The number of halogens is 3. The molecule has 0 aliphatic carbocycles. The average molecular weight is 506 g/mol. The Bertz CT molecular complexity index is 808. The van der Waals surface area contributed by atoms with Gasteiger partial charge in [-0.15, -0.1) is 0 Å². The smallest absolute Gasteiger partial charge is 0.259 e. The fourth-order valence-electron chi connectivity index (χ4n) is 2.03. The third-order valence-electron chi connectivity index (χ3n) is 3.24. The molecule has 2 aromatic rings. The predicted octanol–water partition coefficient (Wildman–Crippen LogP) is 4.44. The maximum Gasteiger partial charge on any atom is 0.259 e.